The molecule has 0 spiro atoms. The lowest BCUT2D eigenvalue weighted by atomic mass is 10.4. The van der Waals surface area contributed by atoms with Gasteiger partial charge in [0, 0.05) is 5.75 Å². The summed E-state index contributed by atoms with van der Waals surface area (Å²) in [6, 6.07) is 0. The van der Waals surface area contributed by atoms with Crippen LogP contribution in [-0.4, -0.2) is 12.0 Å². The number of rotatable bonds is 3. The first kappa shape index (κ1) is 6.83. The smallest absolute Gasteiger partial charge is 0.0175 e. The van der Waals surface area contributed by atoms with Gasteiger partial charge in [-0.1, -0.05) is 19.2 Å². The maximum atomic E-state index is 3.72. The maximum Gasteiger partial charge on any atom is 0.0175 e. The first-order valence-electron chi connectivity index (χ1n) is 2.10. The molecule has 0 aromatic rings. The fraction of sp³-hybridized carbons (Fsp3) is 0.333. The van der Waals surface area contributed by atoms with Crippen LogP contribution < -0.4 is 0 Å². The second kappa shape index (κ2) is 4.00. The Morgan fingerprint density at radius 1 is 1.86 bits per heavy atom. The van der Waals surface area contributed by atoms with Crippen molar-refractivity contribution < 1.29 is 0 Å². The molecule has 0 bridgehead atoms. The second-order valence-electron chi connectivity index (χ2n) is 1.30. The van der Waals surface area contributed by atoms with Crippen LogP contribution in [0.15, 0.2) is 24.8 Å². The zero-order chi connectivity index (χ0) is 5.70. The summed E-state index contributed by atoms with van der Waals surface area (Å²) in [5.74, 6) is 1.00. The van der Waals surface area contributed by atoms with E-state index in [-0.39, 0.29) is 0 Å². The lowest BCUT2D eigenvalue weighted by Crippen LogP contribution is -1.75. The highest BCUT2D eigenvalue weighted by Gasteiger charge is 1.79. The monoisotopic (exact) mass is 114 g/mol. The molecule has 0 aromatic carbocycles. The molecule has 0 saturated carbocycles. The van der Waals surface area contributed by atoms with Crippen molar-refractivity contribution in [1.82, 2.24) is 0 Å². The Balaban J connectivity index is 3.17. The topological polar surface area (TPSA) is 0 Å². The molecule has 0 atom stereocenters. The molecule has 0 heterocycles. The van der Waals surface area contributed by atoms with E-state index in [0.717, 1.165) is 11.3 Å². The first-order chi connectivity index (χ1) is 3.31. The molecule has 0 amide bonds. The molecule has 0 fully saturated rings. The minimum Gasteiger partial charge on any atom is -0.161 e. The van der Waals surface area contributed by atoms with Crippen LogP contribution >= 0.6 is 11.8 Å². The number of thioether (sulfide) groups is 1. The van der Waals surface area contributed by atoms with Crippen molar-refractivity contribution in [3.8, 4) is 0 Å². The molecule has 0 aliphatic heterocycles. The summed E-state index contributed by atoms with van der Waals surface area (Å²) in [6.45, 7) is 7.29. The van der Waals surface area contributed by atoms with Crippen molar-refractivity contribution in [3.05, 3.63) is 24.8 Å². The van der Waals surface area contributed by atoms with Crippen LogP contribution in [0.1, 0.15) is 0 Å². The molecule has 0 unspecified atom stereocenters. The fourth-order valence-corrected chi connectivity index (χ4v) is 0.733. The van der Waals surface area contributed by atoms with E-state index in [9.17, 15) is 0 Å². The van der Waals surface area contributed by atoms with Gasteiger partial charge >= 0.3 is 0 Å². The average molecular weight is 114 g/mol. The molecular formula is C6H10S. The standard InChI is InChI=1S/C6H10S/c1-4-6(2)5-7-3/h4H,1-2,5H2,3H3. The van der Waals surface area contributed by atoms with E-state index < -0.39 is 0 Å². The van der Waals surface area contributed by atoms with Crippen molar-refractivity contribution in [1.29, 1.82) is 0 Å². The van der Waals surface area contributed by atoms with Gasteiger partial charge in [0.2, 0.25) is 0 Å². The largest absolute Gasteiger partial charge is 0.161 e. The average Bonchev–Trinajstić information content (AvgIpc) is 1.68. The van der Waals surface area contributed by atoms with Gasteiger partial charge in [0.05, 0.1) is 0 Å². The van der Waals surface area contributed by atoms with E-state index in [1.165, 1.54) is 0 Å². The van der Waals surface area contributed by atoms with Crippen LogP contribution in [0.4, 0.5) is 0 Å². The van der Waals surface area contributed by atoms with Crippen molar-refractivity contribution in [2.75, 3.05) is 12.0 Å². The molecule has 7 heavy (non-hydrogen) atoms. The number of hydrogen-bond donors (Lipinski definition) is 0. The summed E-state index contributed by atoms with van der Waals surface area (Å²) in [4.78, 5) is 0. The minimum atomic E-state index is 1.00. The summed E-state index contributed by atoms with van der Waals surface area (Å²) < 4.78 is 0. The normalized spacial score (nSPS) is 8.14. The Kier molecular flexibility index (Phi) is 3.90. The summed E-state index contributed by atoms with van der Waals surface area (Å²) in [7, 11) is 0. The molecule has 0 aliphatic rings. The zero-order valence-corrected chi connectivity index (χ0v) is 5.42. The second-order valence-corrected chi connectivity index (χ2v) is 2.16. The Morgan fingerprint density at radius 3 is 2.57 bits per heavy atom. The van der Waals surface area contributed by atoms with E-state index in [4.69, 9.17) is 0 Å². The maximum absolute atomic E-state index is 3.72. The SMILES string of the molecule is C=CC(=C)CSC. The van der Waals surface area contributed by atoms with Gasteiger partial charge in [-0.15, -0.1) is 0 Å². The van der Waals surface area contributed by atoms with E-state index >= 15 is 0 Å². The van der Waals surface area contributed by atoms with Crippen molar-refractivity contribution >= 4 is 11.8 Å². The van der Waals surface area contributed by atoms with Gasteiger partial charge < -0.3 is 0 Å². The van der Waals surface area contributed by atoms with Gasteiger partial charge in [0.25, 0.3) is 0 Å². The van der Waals surface area contributed by atoms with E-state index in [2.05, 4.69) is 19.4 Å². The Bertz CT molecular complexity index is 74.2. The van der Waals surface area contributed by atoms with Crippen molar-refractivity contribution in [3.63, 3.8) is 0 Å². The van der Waals surface area contributed by atoms with E-state index in [0.29, 0.717) is 0 Å². The third-order valence-electron chi connectivity index (χ3n) is 0.618. The lowest BCUT2D eigenvalue weighted by Gasteiger charge is -1.89. The van der Waals surface area contributed by atoms with Gasteiger partial charge in [-0.25, -0.2) is 0 Å². The van der Waals surface area contributed by atoms with Crippen LogP contribution in [0.2, 0.25) is 0 Å². The fourth-order valence-electron chi connectivity index (χ4n) is 0.244. The highest BCUT2D eigenvalue weighted by Crippen LogP contribution is 2.00. The van der Waals surface area contributed by atoms with Gasteiger partial charge in [-0.05, 0) is 11.8 Å². The molecule has 0 nitrogen and oxygen atoms in total. The van der Waals surface area contributed by atoms with Crippen LogP contribution in [0.5, 0.6) is 0 Å². The van der Waals surface area contributed by atoms with Gasteiger partial charge in [-0.2, -0.15) is 11.8 Å². The molecule has 0 aliphatic carbocycles. The lowest BCUT2D eigenvalue weighted by molar-refractivity contribution is 1.60. The predicted octanol–water partition coefficient (Wildman–Crippen LogP) is 2.09. The summed E-state index contributed by atoms with van der Waals surface area (Å²) in [5, 5.41) is 0. The van der Waals surface area contributed by atoms with Crippen molar-refractivity contribution in [2.45, 2.75) is 0 Å². The predicted molar refractivity (Wildman–Crippen MR) is 37.7 cm³/mol. The highest BCUT2D eigenvalue weighted by molar-refractivity contribution is 7.98. The summed E-state index contributed by atoms with van der Waals surface area (Å²) in [6.07, 6.45) is 3.84. The molecule has 0 saturated heterocycles. The third kappa shape index (κ3) is 3.67. The van der Waals surface area contributed by atoms with Crippen LogP contribution in [-0.2, 0) is 0 Å². The number of allylic oxidation sites excluding steroid dienone is 1. The Morgan fingerprint density at radius 2 is 2.43 bits per heavy atom. The Hall–Kier alpha value is -0.170. The van der Waals surface area contributed by atoms with Crippen LogP contribution in [0, 0.1) is 0 Å². The van der Waals surface area contributed by atoms with Crippen molar-refractivity contribution in [2.24, 2.45) is 0 Å². The zero-order valence-electron chi connectivity index (χ0n) is 4.61. The molecule has 1 heteroatoms. The van der Waals surface area contributed by atoms with Gasteiger partial charge in [0.1, 0.15) is 0 Å². The van der Waals surface area contributed by atoms with Gasteiger partial charge in [-0.3, -0.25) is 0 Å². The van der Waals surface area contributed by atoms with E-state index in [1.807, 2.05) is 0 Å². The van der Waals surface area contributed by atoms with Crippen LogP contribution in [0.3, 0.4) is 0 Å². The molecule has 0 N–H and O–H groups in total. The van der Waals surface area contributed by atoms with Gasteiger partial charge in [0.15, 0.2) is 0 Å². The van der Waals surface area contributed by atoms with Crippen LogP contribution in [0.25, 0.3) is 0 Å². The van der Waals surface area contributed by atoms with E-state index in [1.54, 1.807) is 17.8 Å². The molecule has 0 rings (SSSR count). The highest BCUT2D eigenvalue weighted by atomic mass is 32.2. The quantitative estimate of drug-likeness (QED) is 0.506. The summed E-state index contributed by atoms with van der Waals surface area (Å²) in [5.41, 5.74) is 1.10. The number of hydrogen-bond acceptors (Lipinski definition) is 1. The molecule has 0 radical (unpaired) electrons. The first-order valence-corrected chi connectivity index (χ1v) is 3.49. The summed E-state index contributed by atoms with van der Waals surface area (Å²) >= 11 is 1.76. The minimum absolute atomic E-state index is 1.00. The Labute approximate surface area is 49.3 Å². The molecule has 40 valence electrons. The molecular weight excluding hydrogens is 104 g/mol. The molecule has 0 aromatic heterocycles. The third-order valence-corrected chi connectivity index (χ3v) is 1.28.